The number of fused-ring (bicyclic) bond motifs is 1. The first kappa shape index (κ1) is 11.7. The molecular weight excluding hydrogens is 222 g/mol. The average Bonchev–Trinajstić information content (AvgIpc) is 2.64. The van der Waals surface area contributed by atoms with Gasteiger partial charge in [-0.1, -0.05) is 24.6 Å². The first-order valence-corrected chi connectivity index (χ1v) is 6.87. The Kier molecular flexibility index (Phi) is 3.08. The van der Waals surface area contributed by atoms with Crippen LogP contribution in [0.2, 0.25) is 0 Å². The van der Waals surface area contributed by atoms with Crippen LogP contribution in [0, 0.1) is 5.92 Å². The summed E-state index contributed by atoms with van der Waals surface area (Å²) in [5, 5.41) is 9.48. The number of benzene rings is 1. The van der Waals surface area contributed by atoms with E-state index in [1.165, 1.54) is 35.9 Å². The molecule has 3 rings (SSSR count). The van der Waals surface area contributed by atoms with Crippen LogP contribution in [-0.4, -0.2) is 22.9 Å². The van der Waals surface area contributed by atoms with Gasteiger partial charge in [0.15, 0.2) is 0 Å². The van der Waals surface area contributed by atoms with E-state index >= 15 is 0 Å². The van der Waals surface area contributed by atoms with Gasteiger partial charge in [-0.2, -0.15) is 5.10 Å². The van der Waals surface area contributed by atoms with Crippen LogP contribution in [0.3, 0.4) is 0 Å². The first-order valence-electron chi connectivity index (χ1n) is 6.87. The van der Waals surface area contributed by atoms with Crippen molar-refractivity contribution in [1.82, 2.24) is 15.1 Å². The topological polar surface area (TPSA) is 29.9 Å². The number of aromatic nitrogens is 2. The van der Waals surface area contributed by atoms with Gasteiger partial charge in [-0.15, -0.1) is 0 Å². The minimum absolute atomic E-state index is 0.581. The van der Waals surface area contributed by atoms with E-state index in [1.54, 1.807) is 0 Å². The predicted octanol–water partition coefficient (Wildman–Crippen LogP) is 2.50. The summed E-state index contributed by atoms with van der Waals surface area (Å²) in [5.41, 5.74) is 2.47. The quantitative estimate of drug-likeness (QED) is 0.894. The van der Waals surface area contributed by atoms with Crippen molar-refractivity contribution in [2.45, 2.75) is 31.7 Å². The van der Waals surface area contributed by atoms with Crippen LogP contribution in [0.25, 0.3) is 10.9 Å². The molecule has 1 aromatic carbocycles. The van der Waals surface area contributed by atoms with Crippen molar-refractivity contribution in [1.29, 1.82) is 0 Å². The van der Waals surface area contributed by atoms with Crippen molar-refractivity contribution in [3.8, 4) is 0 Å². The Balaban J connectivity index is 1.89. The fourth-order valence-corrected chi connectivity index (χ4v) is 2.99. The zero-order valence-electron chi connectivity index (χ0n) is 11.2. The molecule has 0 amide bonds. The van der Waals surface area contributed by atoms with E-state index in [0.717, 1.165) is 12.3 Å². The summed E-state index contributed by atoms with van der Waals surface area (Å²) in [7, 11) is 4.11. The summed E-state index contributed by atoms with van der Waals surface area (Å²) in [6, 6.07) is 9.09. The molecule has 1 saturated carbocycles. The molecule has 1 aromatic heterocycles. The second-order valence-corrected chi connectivity index (χ2v) is 5.38. The maximum absolute atomic E-state index is 4.69. The minimum atomic E-state index is 0.581. The number of hydrogen-bond donors (Lipinski definition) is 1. The van der Waals surface area contributed by atoms with Crippen LogP contribution in [0.1, 0.15) is 25.0 Å². The normalized spacial score (nSPS) is 17.9. The molecule has 1 atom stereocenters. The summed E-state index contributed by atoms with van der Waals surface area (Å²) in [6.07, 6.45) is 5.18. The van der Waals surface area contributed by atoms with E-state index in [0.29, 0.717) is 6.04 Å². The van der Waals surface area contributed by atoms with Crippen LogP contribution in [0.5, 0.6) is 0 Å². The van der Waals surface area contributed by atoms with Gasteiger partial charge >= 0.3 is 0 Å². The Morgan fingerprint density at radius 2 is 2.17 bits per heavy atom. The molecule has 0 radical (unpaired) electrons. The van der Waals surface area contributed by atoms with Gasteiger partial charge in [0.25, 0.3) is 0 Å². The number of nitrogens with one attached hydrogen (secondary N) is 1. The van der Waals surface area contributed by atoms with E-state index in [1.807, 2.05) is 11.7 Å². The molecular formula is C15H21N3. The lowest BCUT2D eigenvalue weighted by Crippen LogP contribution is -2.39. The van der Waals surface area contributed by atoms with Gasteiger partial charge in [-0.25, -0.2) is 0 Å². The second-order valence-electron chi connectivity index (χ2n) is 5.38. The largest absolute Gasteiger partial charge is 0.316 e. The Morgan fingerprint density at radius 1 is 1.39 bits per heavy atom. The van der Waals surface area contributed by atoms with Crippen LogP contribution < -0.4 is 5.32 Å². The number of para-hydroxylation sites is 1. The Morgan fingerprint density at radius 3 is 2.83 bits per heavy atom. The fraction of sp³-hybridized carbons (Fsp3) is 0.533. The lowest BCUT2D eigenvalue weighted by molar-refractivity contribution is 0.235. The zero-order chi connectivity index (χ0) is 12.5. The summed E-state index contributed by atoms with van der Waals surface area (Å²) in [4.78, 5) is 0. The predicted molar refractivity (Wildman–Crippen MR) is 74.6 cm³/mol. The molecule has 0 aliphatic heterocycles. The molecule has 1 heterocycles. The third-order valence-electron chi connectivity index (χ3n) is 4.34. The highest BCUT2D eigenvalue weighted by Gasteiger charge is 2.27. The van der Waals surface area contributed by atoms with Crippen LogP contribution in [-0.2, 0) is 13.5 Å². The monoisotopic (exact) mass is 243 g/mol. The summed E-state index contributed by atoms with van der Waals surface area (Å²) in [6.45, 7) is 0. The third-order valence-corrected chi connectivity index (χ3v) is 4.34. The molecule has 0 spiro atoms. The summed E-state index contributed by atoms with van der Waals surface area (Å²) < 4.78 is 2.00. The van der Waals surface area contributed by atoms with Crippen molar-refractivity contribution in [3.05, 3.63) is 30.0 Å². The molecule has 0 saturated heterocycles. The molecule has 1 N–H and O–H groups in total. The number of hydrogen-bond acceptors (Lipinski definition) is 2. The van der Waals surface area contributed by atoms with Crippen molar-refractivity contribution in [2.24, 2.45) is 13.0 Å². The number of rotatable bonds is 4. The lowest BCUT2D eigenvalue weighted by atomic mass is 9.78. The fourth-order valence-electron chi connectivity index (χ4n) is 2.99. The van der Waals surface area contributed by atoms with Crippen LogP contribution in [0.4, 0.5) is 0 Å². The zero-order valence-corrected chi connectivity index (χ0v) is 11.2. The van der Waals surface area contributed by atoms with Gasteiger partial charge < -0.3 is 5.32 Å². The highest BCUT2D eigenvalue weighted by Crippen LogP contribution is 2.31. The van der Waals surface area contributed by atoms with Crippen molar-refractivity contribution in [3.63, 3.8) is 0 Å². The van der Waals surface area contributed by atoms with Crippen molar-refractivity contribution >= 4 is 10.9 Å². The maximum Gasteiger partial charge on any atom is 0.0718 e. The van der Waals surface area contributed by atoms with Crippen LogP contribution >= 0.6 is 0 Å². The SMILES string of the molecule is CNC(Cc1nn(C)c2ccccc12)C1CCC1. The van der Waals surface area contributed by atoms with Crippen molar-refractivity contribution in [2.75, 3.05) is 7.05 Å². The van der Waals surface area contributed by atoms with Gasteiger partial charge in [0.1, 0.15) is 0 Å². The highest BCUT2D eigenvalue weighted by molar-refractivity contribution is 5.81. The van der Waals surface area contributed by atoms with Crippen molar-refractivity contribution < 1.29 is 0 Å². The summed E-state index contributed by atoms with van der Waals surface area (Å²) >= 11 is 0. The molecule has 0 bridgehead atoms. The molecule has 1 unspecified atom stereocenters. The molecule has 96 valence electrons. The maximum atomic E-state index is 4.69. The van der Waals surface area contributed by atoms with Gasteiger partial charge in [-0.3, -0.25) is 4.68 Å². The van der Waals surface area contributed by atoms with Gasteiger partial charge in [0.2, 0.25) is 0 Å². The number of nitrogens with zero attached hydrogens (tertiary/aromatic N) is 2. The molecule has 3 nitrogen and oxygen atoms in total. The van der Waals surface area contributed by atoms with Gasteiger partial charge in [-0.05, 0) is 31.9 Å². The molecule has 18 heavy (non-hydrogen) atoms. The lowest BCUT2D eigenvalue weighted by Gasteiger charge is -2.33. The van der Waals surface area contributed by atoms with E-state index in [-0.39, 0.29) is 0 Å². The molecule has 2 aromatic rings. The smallest absolute Gasteiger partial charge is 0.0718 e. The van der Waals surface area contributed by atoms with Crippen LogP contribution in [0.15, 0.2) is 24.3 Å². The van der Waals surface area contributed by atoms with Gasteiger partial charge in [0.05, 0.1) is 11.2 Å². The molecule has 1 fully saturated rings. The average molecular weight is 243 g/mol. The molecule has 1 aliphatic rings. The summed E-state index contributed by atoms with van der Waals surface area (Å²) in [5.74, 6) is 0.843. The Hall–Kier alpha value is -1.35. The highest BCUT2D eigenvalue weighted by atomic mass is 15.3. The molecule has 1 aliphatic carbocycles. The third kappa shape index (κ3) is 1.93. The van der Waals surface area contributed by atoms with E-state index in [9.17, 15) is 0 Å². The minimum Gasteiger partial charge on any atom is -0.316 e. The van der Waals surface area contributed by atoms with Gasteiger partial charge in [0, 0.05) is 24.9 Å². The number of likely N-dealkylation sites (N-methyl/N-ethyl adjacent to an activating group) is 1. The van der Waals surface area contributed by atoms with E-state index < -0.39 is 0 Å². The van der Waals surface area contributed by atoms with E-state index in [2.05, 4.69) is 36.6 Å². The first-order chi connectivity index (χ1) is 8.79. The molecule has 3 heteroatoms. The second kappa shape index (κ2) is 4.73. The Labute approximate surface area is 108 Å². The Bertz CT molecular complexity index is 540. The number of aryl methyl sites for hydroxylation is 1. The van der Waals surface area contributed by atoms with E-state index in [4.69, 9.17) is 5.10 Å². The standard InChI is InChI=1S/C15H21N3/c1-16-13(11-6-5-7-11)10-14-12-8-3-4-9-15(12)18(2)17-14/h3-4,8-9,11,13,16H,5-7,10H2,1-2H3.